The molecule has 0 saturated heterocycles. The first-order valence-corrected chi connectivity index (χ1v) is 10.2. The molecule has 4 heteroatoms. The number of aryl methyl sites for hydroxylation is 1. The summed E-state index contributed by atoms with van der Waals surface area (Å²) in [5, 5.41) is 2.96. The minimum atomic E-state index is -0.161. The number of nitrogens with one attached hydrogen (secondary N) is 2. The van der Waals surface area contributed by atoms with Gasteiger partial charge in [-0.1, -0.05) is 72.8 Å². The first-order chi connectivity index (χ1) is 15.1. The fourth-order valence-corrected chi connectivity index (χ4v) is 3.66. The van der Waals surface area contributed by atoms with E-state index >= 15 is 0 Å². The number of benzene rings is 3. The first kappa shape index (κ1) is 20.4. The molecule has 31 heavy (non-hydrogen) atoms. The number of H-pyrrole nitrogens is 1. The molecule has 0 aliphatic heterocycles. The van der Waals surface area contributed by atoms with Gasteiger partial charge in [0.15, 0.2) is 0 Å². The summed E-state index contributed by atoms with van der Waals surface area (Å²) in [7, 11) is 0. The maximum atomic E-state index is 12.8. The van der Waals surface area contributed by atoms with Crippen LogP contribution in [0.1, 0.15) is 22.6 Å². The molecule has 1 heterocycles. The summed E-state index contributed by atoms with van der Waals surface area (Å²) in [4.78, 5) is 27.0. The number of hydrogen-bond donors (Lipinski definition) is 2. The van der Waals surface area contributed by atoms with E-state index in [0.717, 1.165) is 27.8 Å². The number of carbonyl (C=O) groups is 1. The molecule has 0 atom stereocenters. The van der Waals surface area contributed by atoms with Crippen LogP contribution in [-0.4, -0.2) is 10.9 Å². The number of hydrogen-bond acceptors (Lipinski definition) is 2. The lowest BCUT2D eigenvalue weighted by atomic mass is 9.88. The lowest BCUT2D eigenvalue weighted by Gasteiger charge is -2.17. The molecule has 153 valence electrons. The standard InChI is InChI=1S/C27H23N2O2/c1-19-16-26(30)28-18-25(19)22-12-14-23(15-13-22)29-27(31)17-24(20-8-4-2-5-9-20)21-10-6-3-7-11-21/h2-18,24H,1H3,(H,28,30)(H,29,31). The van der Waals surface area contributed by atoms with Crippen LogP contribution in [-0.2, 0) is 4.79 Å². The van der Waals surface area contributed by atoms with Crippen LogP contribution >= 0.6 is 0 Å². The van der Waals surface area contributed by atoms with E-state index in [4.69, 9.17) is 0 Å². The molecule has 0 aliphatic rings. The van der Waals surface area contributed by atoms with Crippen LogP contribution in [0, 0.1) is 13.3 Å². The molecule has 4 nitrogen and oxygen atoms in total. The van der Waals surface area contributed by atoms with Crippen molar-refractivity contribution in [3.8, 4) is 11.1 Å². The zero-order valence-corrected chi connectivity index (χ0v) is 17.2. The summed E-state index contributed by atoms with van der Waals surface area (Å²) in [6.07, 6.45) is 3.42. The monoisotopic (exact) mass is 407 g/mol. The highest BCUT2D eigenvalue weighted by Gasteiger charge is 2.18. The number of amides is 1. The summed E-state index contributed by atoms with van der Waals surface area (Å²) >= 11 is 0. The summed E-state index contributed by atoms with van der Waals surface area (Å²) in [6.45, 7) is 1.91. The number of rotatable bonds is 6. The van der Waals surface area contributed by atoms with E-state index in [1.165, 1.54) is 0 Å². The largest absolute Gasteiger partial charge is 0.328 e. The Morgan fingerprint density at radius 1 is 0.871 bits per heavy atom. The van der Waals surface area contributed by atoms with Crippen molar-refractivity contribution in [3.63, 3.8) is 0 Å². The van der Waals surface area contributed by atoms with Gasteiger partial charge in [-0.3, -0.25) is 9.59 Å². The lowest BCUT2D eigenvalue weighted by Crippen LogP contribution is -2.17. The molecule has 0 spiro atoms. The van der Waals surface area contributed by atoms with Crippen molar-refractivity contribution >= 4 is 11.6 Å². The van der Waals surface area contributed by atoms with Crippen molar-refractivity contribution in [2.24, 2.45) is 0 Å². The van der Waals surface area contributed by atoms with Crippen molar-refractivity contribution in [2.75, 3.05) is 5.32 Å². The molecule has 0 unspecified atom stereocenters. The van der Waals surface area contributed by atoms with Gasteiger partial charge < -0.3 is 10.3 Å². The second-order valence-electron chi connectivity index (χ2n) is 7.43. The van der Waals surface area contributed by atoms with Crippen molar-refractivity contribution in [1.82, 2.24) is 4.98 Å². The van der Waals surface area contributed by atoms with Gasteiger partial charge >= 0.3 is 0 Å². The van der Waals surface area contributed by atoms with Crippen LogP contribution in [0.2, 0.25) is 0 Å². The smallest absolute Gasteiger partial charge is 0.248 e. The Morgan fingerprint density at radius 3 is 2.00 bits per heavy atom. The normalized spacial score (nSPS) is 10.8. The first-order valence-electron chi connectivity index (χ1n) is 10.2. The molecule has 2 N–H and O–H groups in total. The van der Waals surface area contributed by atoms with Crippen LogP contribution in [0.25, 0.3) is 11.1 Å². The Balaban J connectivity index is 1.50. The summed E-state index contributed by atoms with van der Waals surface area (Å²) in [6, 6.07) is 29.2. The maximum Gasteiger partial charge on any atom is 0.248 e. The number of carbonyl (C=O) groups excluding carboxylic acids is 1. The number of anilines is 1. The molecule has 0 aliphatic carbocycles. The zero-order valence-electron chi connectivity index (χ0n) is 17.2. The van der Waals surface area contributed by atoms with Crippen molar-refractivity contribution in [3.05, 3.63) is 131 Å². The van der Waals surface area contributed by atoms with E-state index in [0.29, 0.717) is 5.69 Å². The zero-order chi connectivity index (χ0) is 21.6. The molecule has 3 aromatic carbocycles. The summed E-state index contributed by atoms with van der Waals surface area (Å²) < 4.78 is 0. The molecular formula is C27H23N2O2. The summed E-state index contributed by atoms with van der Waals surface area (Å²) in [5.74, 6) is -0.295. The molecule has 0 fully saturated rings. The third-order valence-corrected chi connectivity index (χ3v) is 5.23. The second kappa shape index (κ2) is 9.26. The molecule has 1 radical (unpaired) electrons. The van der Waals surface area contributed by atoms with Crippen LogP contribution in [0.3, 0.4) is 0 Å². The molecule has 1 aromatic heterocycles. The van der Waals surface area contributed by atoms with Crippen molar-refractivity contribution in [1.29, 1.82) is 0 Å². The average molecular weight is 407 g/mol. The number of aromatic nitrogens is 1. The quantitative estimate of drug-likeness (QED) is 0.454. The Morgan fingerprint density at radius 2 is 1.45 bits per heavy atom. The Bertz CT molecular complexity index is 1170. The van der Waals surface area contributed by atoms with Gasteiger partial charge in [-0.05, 0) is 41.3 Å². The van der Waals surface area contributed by atoms with E-state index in [1.807, 2.05) is 91.9 Å². The fraction of sp³-hybridized carbons (Fsp3) is 0.0741. The van der Waals surface area contributed by atoms with Crippen molar-refractivity contribution in [2.45, 2.75) is 12.8 Å². The fourth-order valence-electron chi connectivity index (χ4n) is 3.66. The highest BCUT2D eigenvalue weighted by molar-refractivity contribution is 5.98. The van der Waals surface area contributed by atoms with Gasteiger partial charge in [0.2, 0.25) is 11.5 Å². The highest BCUT2D eigenvalue weighted by atomic mass is 16.1. The third kappa shape index (κ3) is 4.98. The third-order valence-electron chi connectivity index (χ3n) is 5.23. The highest BCUT2D eigenvalue weighted by Crippen LogP contribution is 2.28. The van der Waals surface area contributed by atoms with Gasteiger partial charge in [0.05, 0.1) is 6.42 Å². The van der Waals surface area contributed by atoms with Crippen LogP contribution in [0.4, 0.5) is 5.69 Å². The molecule has 4 aromatic rings. The number of aromatic amines is 1. The molecule has 0 bridgehead atoms. The van der Waals surface area contributed by atoms with Crippen LogP contribution in [0.15, 0.2) is 102 Å². The Labute approximate surface area is 181 Å². The predicted molar refractivity (Wildman–Crippen MR) is 125 cm³/mol. The molecular weight excluding hydrogens is 384 g/mol. The second-order valence-corrected chi connectivity index (χ2v) is 7.43. The Kier molecular flexibility index (Phi) is 6.08. The van der Waals surface area contributed by atoms with Gasteiger partial charge in [-0.15, -0.1) is 0 Å². The van der Waals surface area contributed by atoms with Crippen molar-refractivity contribution < 1.29 is 4.79 Å². The topological polar surface area (TPSA) is 62.0 Å². The van der Waals surface area contributed by atoms with Crippen LogP contribution in [0.5, 0.6) is 0 Å². The Hall–Kier alpha value is -3.92. The van der Waals surface area contributed by atoms with Gasteiger partial charge in [-0.25, -0.2) is 0 Å². The van der Waals surface area contributed by atoms with E-state index < -0.39 is 0 Å². The van der Waals surface area contributed by atoms with Crippen LogP contribution < -0.4 is 10.9 Å². The number of pyridine rings is 1. The maximum absolute atomic E-state index is 12.8. The molecule has 0 saturated carbocycles. The summed E-state index contributed by atoms with van der Waals surface area (Å²) in [5.41, 5.74) is 5.56. The van der Waals surface area contributed by atoms with Gasteiger partial charge in [0.1, 0.15) is 0 Å². The minimum Gasteiger partial charge on any atom is -0.328 e. The lowest BCUT2D eigenvalue weighted by molar-refractivity contribution is -0.113. The van der Waals surface area contributed by atoms with E-state index in [-0.39, 0.29) is 17.4 Å². The molecule has 1 amide bonds. The predicted octanol–water partition coefficient (Wildman–Crippen LogP) is 5.33. The van der Waals surface area contributed by atoms with E-state index in [9.17, 15) is 9.59 Å². The van der Waals surface area contributed by atoms with E-state index in [2.05, 4.69) is 10.3 Å². The van der Waals surface area contributed by atoms with Gasteiger partial charge in [0.25, 0.3) is 0 Å². The average Bonchev–Trinajstić information content (AvgIpc) is 2.79. The van der Waals surface area contributed by atoms with Gasteiger partial charge in [-0.2, -0.15) is 0 Å². The molecule has 4 rings (SSSR count). The van der Waals surface area contributed by atoms with E-state index in [1.54, 1.807) is 18.7 Å². The minimum absolute atomic E-state index is 0.118. The SMILES string of the molecule is Cc1cc(=O)[nH]cc1-c1ccc(NC(=O)[CH]C(c2ccccc2)c2ccccc2)cc1. The van der Waals surface area contributed by atoms with Gasteiger partial charge in [0, 0.05) is 29.4 Å².